The smallest absolute Gasteiger partial charge is 0.233 e. The zero-order valence-corrected chi connectivity index (χ0v) is 17.9. The molecule has 1 aliphatic carbocycles. The van der Waals surface area contributed by atoms with Gasteiger partial charge < -0.3 is 9.64 Å². The Hall–Kier alpha value is -2.14. The zero-order valence-electron chi connectivity index (χ0n) is 17.2. The van der Waals surface area contributed by atoms with E-state index in [4.69, 9.17) is 16.3 Å². The number of hydrogen-bond acceptors (Lipinski definition) is 4. The lowest BCUT2D eigenvalue weighted by Gasteiger charge is -2.38. The molecule has 29 heavy (non-hydrogen) atoms. The summed E-state index contributed by atoms with van der Waals surface area (Å²) in [5.74, 6) is 1.62. The minimum Gasteiger partial charge on any atom is -0.474 e. The van der Waals surface area contributed by atoms with Gasteiger partial charge >= 0.3 is 0 Å². The molecule has 4 rings (SSSR count). The van der Waals surface area contributed by atoms with E-state index in [9.17, 15) is 4.79 Å². The second kappa shape index (κ2) is 8.31. The van der Waals surface area contributed by atoms with Crippen LogP contribution in [0.25, 0.3) is 0 Å². The lowest BCUT2D eigenvalue weighted by molar-refractivity contribution is -0.139. The monoisotopic (exact) mass is 413 g/mol. The fraction of sp³-hybridized carbons (Fsp3) is 0.522. The minimum atomic E-state index is -0.390. The van der Waals surface area contributed by atoms with Gasteiger partial charge in [0.05, 0.1) is 5.41 Å². The first-order valence-electron chi connectivity index (χ1n) is 10.5. The van der Waals surface area contributed by atoms with Gasteiger partial charge in [-0.25, -0.2) is 4.98 Å². The van der Waals surface area contributed by atoms with Crippen LogP contribution in [-0.4, -0.2) is 40.0 Å². The number of piperidine rings is 1. The summed E-state index contributed by atoms with van der Waals surface area (Å²) in [6, 6.07) is 9.73. The first kappa shape index (κ1) is 20.1. The van der Waals surface area contributed by atoms with Crippen LogP contribution in [0.5, 0.6) is 5.88 Å². The Morgan fingerprint density at radius 3 is 2.38 bits per heavy atom. The van der Waals surface area contributed by atoms with Gasteiger partial charge in [-0.05, 0) is 44.4 Å². The molecule has 1 aliphatic heterocycles. The molecule has 2 fully saturated rings. The van der Waals surface area contributed by atoms with E-state index in [0.717, 1.165) is 68.7 Å². The third-order valence-corrected chi connectivity index (χ3v) is 6.47. The predicted octanol–water partition coefficient (Wildman–Crippen LogP) is 4.63. The van der Waals surface area contributed by atoms with Crippen molar-refractivity contribution in [3.8, 4) is 5.88 Å². The molecule has 0 atom stereocenters. The summed E-state index contributed by atoms with van der Waals surface area (Å²) in [5.41, 5.74) is 1.63. The van der Waals surface area contributed by atoms with Gasteiger partial charge in [-0.15, -0.1) is 0 Å². The Morgan fingerprint density at radius 1 is 1.10 bits per heavy atom. The summed E-state index contributed by atoms with van der Waals surface area (Å²) >= 11 is 6.08. The lowest BCUT2D eigenvalue weighted by Crippen LogP contribution is -2.50. The number of ether oxygens (including phenoxy) is 1. The van der Waals surface area contributed by atoms with Crippen molar-refractivity contribution >= 4 is 17.5 Å². The molecule has 0 spiro atoms. The number of benzene rings is 1. The first-order chi connectivity index (χ1) is 14.0. The summed E-state index contributed by atoms with van der Waals surface area (Å²) in [6.45, 7) is 5.27. The van der Waals surface area contributed by atoms with E-state index < -0.39 is 0 Å². The maximum absolute atomic E-state index is 13.6. The number of aryl methyl sites for hydroxylation is 2. The highest BCUT2D eigenvalue weighted by molar-refractivity contribution is 6.30. The molecule has 1 amide bonds. The molecule has 1 aromatic carbocycles. The molecule has 1 saturated heterocycles. The number of hydrogen-bond donors (Lipinski definition) is 0. The number of likely N-dealkylation sites (tertiary alicyclic amines) is 1. The van der Waals surface area contributed by atoms with Gasteiger partial charge in [-0.2, -0.15) is 4.98 Å². The maximum atomic E-state index is 13.6. The van der Waals surface area contributed by atoms with Crippen LogP contribution in [0.15, 0.2) is 30.3 Å². The van der Waals surface area contributed by atoms with E-state index in [-0.39, 0.29) is 17.4 Å². The standard InChI is InChI=1S/C23H28ClN3O2/c1-16-15-21(26-17(2)25-16)29-20-9-13-27(14-10-20)22(28)23(11-3-4-12-23)18-5-7-19(24)8-6-18/h5-8,15,20H,3-4,9-14H2,1-2H3. The largest absolute Gasteiger partial charge is 0.474 e. The van der Waals surface area contributed by atoms with Gasteiger partial charge in [-0.1, -0.05) is 36.6 Å². The summed E-state index contributed by atoms with van der Waals surface area (Å²) in [4.78, 5) is 24.3. The van der Waals surface area contributed by atoms with Crippen molar-refractivity contribution in [3.05, 3.63) is 52.4 Å². The Kier molecular flexibility index (Phi) is 5.77. The van der Waals surface area contributed by atoms with E-state index in [1.807, 2.05) is 49.1 Å². The van der Waals surface area contributed by atoms with Crippen molar-refractivity contribution in [2.75, 3.05) is 13.1 Å². The molecule has 5 nitrogen and oxygen atoms in total. The molecular formula is C23H28ClN3O2. The van der Waals surface area contributed by atoms with Crippen LogP contribution in [0.2, 0.25) is 5.02 Å². The molecule has 1 saturated carbocycles. The Labute approximate surface area is 177 Å². The van der Waals surface area contributed by atoms with Gasteiger partial charge in [0.15, 0.2) is 0 Å². The maximum Gasteiger partial charge on any atom is 0.233 e. The summed E-state index contributed by atoms with van der Waals surface area (Å²) in [6.07, 6.45) is 5.77. The highest BCUT2D eigenvalue weighted by Gasteiger charge is 2.45. The van der Waals surface area contributed by atoms with Crippen LogP contribution in [0.4, 0.5) is 0 Å². The van der Waals surface area contributed by atoms with E-state index in [0.29, 0.717) is 10.9 Å². The summed E-state index contributed by atoms with van der Waals surface area (Å²) < 4.78 is 6.09. The molecule has 2 heterocycles. The summed E-state index contributed by atoms with van der Waals surface area (Å²) in [7, 11) is 0. The molecule has 0 radical (unpaired) electrons. The van der Waals surface area contributed by atoms with Crippen molar-refractivity contribution in [1.82, 2.24) is 14.9 Å². The van der Waals surface area contributed by atoms with Gasteiger partial charge in [0.25, 0.3) is 0 Å². The Morgan fingerprint density at radius 2 is 1.76 bits per heavy atom. The average molecular weight is 414 g/mol. The highest BCUT2D eigenvalue weighted by Crippen LogP contribution is 2.43. The molecule has 0 N–H and O–H groups in total. The third kappa shape index (κ3) is 4.25. The van der Waals surface area contributed by atoms with E-state index in [2.05, 4.69) is 9.97 Å². The van der Waals surface area contributed by atoms with Crippen molar-refractivity contribution in [3.63, 3.8) is 0 Å². The van der Waals surface area contributed by atoms with Crippen molar-refractivity contribution in [2.45, 2.75) is 63.9 Å². The zero-order chi connectivity index (χ0) is 20.4. The van der Waals surface area contributed by atoms with Crippen molar-refractivity contribution in [1.29, 1.82) is 0 Å². The van der Waals surface area contributed by atoms with Gasteiger partial charge in [0.1, 0.15) is 11.9 Å². The molecule has 2 aliphatic rings. The molecule has 0 unspecified atom stereocenters. The first-order valence-corrected chi connectivity index (χ1v) is 10.9. The van der Waals surface area contributed by atoms with Crippen LogP contribution < -0.4 is 4.74 Å². The van der Waals surface area contributed by atoms with Gasteiger partial charge in [-0.3, -0.25) is 4.79 Å². The average Bonchev–Trinajstić information content (AvgIpc) is 3.19. The van der Waals surface area contributed by atoms with Crippen molar-refractivity contribution in [2.24, 2.45) is 0 Å². The second-order valence-electron chi connectivity index (χ2n) is 8.30. The number of carbonyl (C=O) groups is 1. The van der Waals surface area contributed by atoms with E-state index >= 15 is 0 Å². The molecule has 1 aromatic heterocycles. The fourth-order valence-electron chi connectivity index (χ4n) is 4.77. The summed E-state index contributed by atoms with van der Waals surface area (Å²) in [5, 5.41) is 0.711. The number of rotatable bonds is 4. The number of amides is 1. The van der Waals surface area contributed by atoms with Crippen LogP contribution in [-0.2, 0) is 10.2 Å². The normalized spacial score (nSPS) is 19.3. The molecule has 6 heteroatoms. The minimum absolute atomic E-state index is 0.0859. The lowest BCUT2D eigenvalue weighted by atomic mass is 9.77. The number of nitrogens with zero attached hydrogens (tertiary/aromatic N) is 3. The van der Waals surface area contributed by atoms with Crippen LogP contribution in [0.3, 0.4) is 0 Å². The predicted molar refractivity (Wildman–Crippen MR) is 113 cm³/mol. The molecule has 2 aromatic rings. The van der Waals surface area contributed by atoms with Gasteiger partial charge in [0.2, 0.25) is 11.8 Å². The number of carbonyl (C=O) groups excluding carboxylic acids is 1. The quantitative estimate of drug-likeness (QED) is 0.733. The van der Waals surface area contributed by atoms with E-state index in [1.54, 1.807) is 0 Å². The van der Waals surface area contributed by atoms with Crippen molar-refractivity contribution < 1.29 is 9.53 Å². The molecule has 154 valence electrons. The number of halogens is 1. The number of aromatic nitrogens is 2. The van der Waals surface area contributed by atoms with Crippen LogP contribution in [0, 0.1) is 13.8 Å². The highest BCUT2D eigenvalue weighted by atomic mass is 35.5. The van der Waals surface area contributed by atoms with E-state index in [1.165, 1.54) is 0 Å². The topological polar surface area (TPSA) is 55.3 Å². The fourth-order valence-corrected chi connectivity index (χ4v) is 4.89. The van der Waals surface area contributed by atoms with Crippen LogP contribution in [0.1, 0.15) is 55.6 Å². The van der Waals surface area contributed by atoms with Crippen LogP contribution >= 0.6 is 11.6 Å². The molecular weight excluding hydrogens is 386 g/mol. The van der Waals surface area contributed by atoms with Gasteiger partial charge in [0, 0.05) is 42.7 Å². The Bertz CT molecular complexity index is 850. The third-order valence-electron chi connectivity index (χ3n) is 6.22. The Balaban J connectivity index is 1.43. The molecule has 0 bridgehead atoms. The second-order valence-corrected chi connectivity index (χ2v) is 8.74. The SMILES string of the molecule is Cc1cc(OC2CCN(C(=O)C3(c4ccc(Cl)cc4)CCCC3)CC2)nc(C)n1.